The van der Waals surface area contributed by atoms with Crippen LogP contribution in [0.15, 0.2) is 17.2 Å². The van der Waals surface area contributed by atoms with E-state index in [4.69, 9.17) is 0 Å². The molecule has 1 heterocycles. The Morgan fingerprint density at radius 3 is 2.71 bits per heavy atom. The van der Waals surface area contributed by atoms with Crippen LogP contribution in [0.1, 0.15) is 52.1 Å². The van der Waals surface area contributed by atoms with Crippen molar-refractivity contribution in [3.63, 3.8) is 0 Å². The highest BCUT2D eigenvalue weighted by Gasteiger charge is 2.33. The Balaban J connectivity index is 2.16. The Morgan fingerprint density at radius 1 is 1.48 bits per heavy atom. The van der Waals surface area contributed by atoms with E-state index in [2.05, 4.69) is 18.6 Å². The van der Waals surface area contributed by atoms with Crippen LogP contribution in [0.2, 0.25) is 0 Å². The van der Waals surface area contributed by atoms with Crippen LogP contribution in [0.4, 0.5) is 0 Å². The Labute approximate surface area is 127 Å². The summed E-state index contributed by atoms with van der Waals surface area (Å²) in [5.41, 5.74) is 0.849. The quantitative estimate of drug-likeness (QED) is 0.846. The Hall–Kier alpha value is -0.850. The van der Waals surface area contributed by atoms with E-state index in [9.17, 15) is 13.5 Å². The fourth-order valence-corrected chi connectivity index (χ4v) is 4.41. The lowest BCUT2D eigenvalue weighted by molar-refractivity contribution is 0.270. The van der Waals surface area contributed by atoms with Crippen LogP contribution in [0.3, 0.4) is 0 Å². The first-order valence-electron chi connectivity index (χ1n) is 7.59. The first kappa shape index (κ1) is 16.5. The predicted octanol–water partition coefficient (Wildman–Crippen LogP) is 2.25. The molecule has 0 spiro atoms. The van der Waals surface area contributed by atoms with Crippen molar-refractivity contribution in [2.45, 2.75) is 70.5 Å². The highest BCUT2D eigenvalue weighted by atomic mass is 32.2. The number of aromatic nitrogens is 1. The van der Waals surface area contributed by atoms with E-state index in [1.54, 1.807) is 12.3 Å². The highest BCUT2D eigenvalue weighted by molar-refractivity contribution is 7.89. The van der Waals surface area contributed by atoms with Crippen molar-refractivity contribution in [3.8, 4) is 0 Å². The average molecular weight is 314 g/mol. The summed E-state index contributed by atoms with van der Waals surface area (Å²) in [4.78, 5) is 0.254. The van der Waals surface area contributed by atoms with E-state index >= 15 is 0 Å². The molecule has 5 nitrogen and oxygen atoms in total. The lowest BCUT2D eigenvalue weighted by Crippen LogP contribution is -2.33. The summed E-state index contributed by atoms with van der Waals surface area (Å²) >= 11 is 0. The number of nitrogens with one attached hydrogen (secondary N) is 1. The van der Waals surface area contributed by atoms with E-state index in [-0.39, 0.29) is 23.0 Å². The van der Waals surface area contributed by atoms with Crippen LogP contribution in [-0.2, 0) is 23.2 Å². The molecular formula is C15H26N2O3S. The van der Waals surface area contributed by atoms with Gasteiger partial charge >= 0.3 is 0 Å². The average Bonchev–Trinajstić information content (AvgIpc) is 2.93. The fourth-order valence-electron chi connectivity index (χ4n) is 3.08. The molecule has 21 heavy (non-hydrogen) atoms. The topological polar surface area (TPSA) is 71.3 Å². The fraction of sp³-hybridized carbons (Fsp3) is 0.733. The molecule has 0 radical (unpaired) electrons. The minimum Gasteiger partial charge on any atom is -0.390 e. The van der Waals surface area contributed by atoms with Gasteiger partial charge < -0.3 is 9.67 Å². The summed E-state index contributed by atoms with van der Waals surface area (Å²) in [5, 5.41) is 9.34. The van der Waals surface area contributed by atoms with Gasteiger partial charge in [0, 0.05) is 24.5 Å². The van der Waals surface area contributed by atoms with E-state index in [1.165, 1.54) is 0 Å². The number of aliphatic hydroxyl groups is 1. The standard InChI is InChI=1S/C15H26N2O3S/c1-4-7-17-10-14(8-13(17)11-18)21(19,20)16-12-5-6-15(2,3)9-12/h8,10,12,16,18H,4-7,9,11H2,1-3H3. The van der Waals surface area contributed by atoms with Crippen LogP contribution in [0.5, 0.6) is 0 Å². The molecule has 0 saturated heterocycles. The smallest absolute Gasteiger partial charge is 0.242 e. The van der Waals surface area contributed by atoms with Crippen LogP contribution >= 0.6 is 0 Å². The van der Waals surface area contributed by atoms with E-state index in [0.717, 1.165) is 25.7 Å². The van der Waals surface area contributed by atoms with Gasteiger partial charge in [0.05, 0.1) is 11.5 Å². The van der Waals surface area contributed by atoms with Crippen molar-refractivity contribution in [2.75, 3.05) is 0 Å². The van der Waals surface area contributed by atoms with Crippen molar-refractivity contribution < 1.29 is 13.5 Å². The molecule has 0 bridgehead atoms. The SMILES string of the molecule is CCCn1cc(S(=O)(=O)NC2CCC(C)(C)C2)cc1CO. The van der Waals surface area contributed by atoms with Crippen molar-refractivity contribution in [3.05, 3.63) is 18.0 Å². The van der Waals surface area contributed by atoms with Gasteiger partial charge in [0.25, 0.3) is 0 Å². The molecule has 1 aromatic heterocycles. The van der Waals surface area contributed by atoms with Gasteiger partial charge in [0.15, 0.2) is 0 Å². The number of nitrogens with zero attached hydrogens (tertiary/aromatic N) is 1. The second-order valence-electron chi connectivity index (χ2n) is 6.74. The summed E-state index contributed by atoms with van der Waals surface area (Å²) in [6, 6.07) is 1.58. The maximum atomic E-state index is 12.5. The van der Waals surface area contributed by atoms with Gasteiger partial charge in [-0.05, 0) is 37.2 Å². The van der Waals surface area contributed by atoms with Gasteiger partial charge in [0.2, 0.25) is 10.0 Å². The Morgan fingerprint density at radius 2 is 2.19 bits per heavy atom. The van der Waals surface area contributed by atoms with Crippen molar-refractivity contribution >= 4 is 10.0 Å². The molecule has 1 fully saturated rings. The molecule has 2 rings (SSSR count). The van der Waals surface area contributed by atoms with Crippen LogP contribution in [0.25, 0.3) is 0 Å². The molecule has 1 atom stereocenters. The Kier molecular flexibility index (Phi) is 4.80. The first-order valence-corrected chi connectivity index (χ1v) is 9.08. The molecule has 6 heteroatoms. The zero-order chi connectivity index (χ0) is 15.7. The first-order chi connectivity index (χ1) is 9.77. The van der Waals surface area contributed by atoms with Gasteiger partial charge in [0.1, 0.15) is 0 Å². The maximum absolute atomic E-state index is 12.5. The number of aliphatic hydroxyl groups excluding tert-OH is 1. The minimum absolute atomic E-state index is 0.0112. The van der Waals surface area contributed by atoms with E-state index in [1.807, 2.05) is 11.5 Å². The highest BCUT2D eigenvalue weighted by Crippen LogP contribution is 2.37. The molecule has 1 saturated carbocycles. The lowest BCUT2D eigenvalue weighted by atomic mass is 9.92. The van der Waals surface area contributed by atoms with Crippen LogP contribution < -0.4 is 4.72 Å². The van der Waals surface area contributed by atoms with Crippen LogP contribution in [-0.4, -0.2) is 24.1 Å². The summed E-state index contributed by atoms with van der Waals surface area (Å²) in [6.07, 6.45) is 5.31. The summed E-state index contributed by atoms with van der Waals surface area (Å²) in [7, 11) is -3.51. The molecule has 2 N–H and O–H groups in total. The molecule has 1 unspecified atom stereocenters. The van der Waals surface area contributed by atoms with Crippen molar-refractivity contribution in [2.24, 2.45) is 5.41 Å². The normalized spacial score (nSPS) is 21.8. The Bertz CT molecular complexity index is 590. The summed E-state index contributed by atoms with van der Waals surface area (Å²) < 4.78 is 29.6. The number of rotatable bonds is 6. The van der Waals surface area contributed by atoms with E-state index < -0.39 is 10.0 Å². The number of aryl methyl sites for hydroxylation is 1. The van der Waals surface area contributed by atoms with E-state index in [0.29, 0.717) is 12.2 Å². The number of hydrogen-bond acceptors (Lipinski definition) is 3. The lowest BCUT2D eigenvalue weighted by Gasteiger charge is -2.17. The molecular weight excluding hydrogens is 288 g/mol. The second-order valence-corrected chi connectivity index (χ2v) is 8.46. The molecule has 0 aliphatic heterocycles. The second kappa shape index (κ2) is 6.10. The zero-order valence-electron chi connectivity index (χ0n) is 13.1. The molecule has 0 aromatic carbocycles. The van der Waals surface area contributed by atoms with Gasteiger partial charge in [-0.2, -0.15) is 0 Å². The third-order valence-corrected chi connectivity index (χ3v) is 5.68. The molecule has 1 aromatic rings. The summed E-state index contributed by atoms with van der Waals surface area (Å²) in [6.45, 7) is 6.92. The minimum atomic E-state index is -3.51. The molecule has 0 amide bonds. The van der Waals surface area contributed by atoms with Gasteiger partial charge in [-0.1, -0.05) is 20.8 Å². The van der Waals surface area contributed by atoms with Gasteiger partial charge in [-0.3, -0.25) is 0 Å². The number of sulfonamides is 1. The third kappa shape index (κ3) is 3.87. The third-order valence-electron chi connectivity index (χ3n) is 4.19. The molecule has 1 aliphatic carbocycles. The monoisotopic (exact) mass is 314 g/mol. The molecule has 120 valence electrons. The van der Waals surface area contributed by atoms with Crippen molar-refractivity contribution in [1.29, 1.82) is 0 Å². The number of hydrogen-bond donors (Lipinski definition) is 2. The predicted molar refractivity (Wildman–Crippen MR) is 82.4 cm³/mol. The van der Waals surface area contributed by atoms with Crippen molar-refractivity contribution in [1.82, 2.24) is 9.29 Å². The molecule has 1 aliphatic rings. The maximum Gasteiger partial charge on any atom is 0.242 e. The van der Waals surface area contributed by atoms with Gasteiger partial charge in [-0.25, -0.2) is 13.1 Å². The van der Waals surface area contributed by atoms with Crippen LogP contribution in [0, 0.1) is 5.41 Å². The zero-order valence-corrected chi connectivity index (χ0v) is 13.9. The summed E-state index contributed by atoms with van der Waals surface area (Å²) in [5.74, 6) is 0. The largest absolute Gasteiger partial charge is 0.390 e. The van der Waals surface area contributed by atoms with Gasteiger partial charge in [-0.15, -0.1) is 0 Å².